The number of hydrogen-bond acceptors (Lipinski definition) is 4. The molecular weight excluding hydrogens is 288 g/mol. The smallest absolute Gasteiger partial charge is 0.227 e. The van der Waals surface area contributed by atoms with Crippen LogP contribution in [0.4, 0.5) is 11.5 Å². The molecule has 0 unspecified atom stereocenters. The Bertz CT molecular complexity index is 679. The summed E-state index contributed by atoms with van der Waals surface area (Å²) in [5.74, 6) is 1.07. The normalized spacial score (nSPS) is 15.5. The highest BCUT2D eigenvalue weighted by Crippen LogP contribution is 2.24. The van der Waals surface area contributed by atoms with E-state index < -0.39 is 0 Å². The van der Waals surface area contributed by atoms with Crippen LogP contribution in [0.25, 0.3) is 0 Å². The third-order valence-corrected chi connectivity index (χ3v) is 4.60. The SMILES string of the molecule is Cc1cccc(NC(=O)C2CCN(c3cnccn3)CC2)c1C. The zero-order valence-electron chi connectivity index (χ0n) is 13.6. The maximum Gasteiger partial charge on any atom is 0.227 e. The second-order valence-corrected chi connectivity index (χ2v) is 6.06. The van der Waals surface area contributed by atoms with E-state index in [1.807, 2.05) is 19.1 Å². The second kappa shape index (κ2) is 6.77. The van der Waals surface area contributed by atoms with Crippen molar-refractivity contribution in [2.75, 3.05) is 23.3 Å². The average Bonchev–Trinajstić information content (AvgIpc) is 2.60. The number of rotatable bonds is 3. The van der Waals surface area contributed by atoms with Gasteiger partial charge in [0.2, 0.25) is 5.91 Å². The number of carbonyl (C=O) groups is 1. The molecule has 2 aromatic rings. The standard InChI is InChI=1S/C18H22N4O/c1-13-4-3-5-16(14(13)2)21-18(23)15-6-10-22(11-7-15)17-12-19-8-9-20-17/h3-5,8-9,12,15H,6-7,10-11H2,1-2H3,(H,21,23). The molecule has 1 amide bonds. The lowest BCUT2D eigenvalue weighted by atomic mass is 9.95. The number of nitrogens with zero attached hydrogens (tertiary/aromatic N) is 3. The third kappa shape index (κ3) is 3.50. The van der Waals surface area contributed by atoms with E-state index in [1.165, 1.54) is 5.56 Å². The van der Waals surface area contributed by atoms with Crippen LogP contribution in [0.2, 0.25) is 0 Å². The Labute approximate surface area is 136 Å². The number of hydrogen-bond donors (Lipinski definition) is 1. The molecule has 3 rings (SSSR count). The number of carbonyl (C=O) groups excluding carboxylic acids is 1. The number of aromatic nitrogens is 2. The van der Waals surface area contributed by atoms with E-state index in [1.54, 1.807) is 18.6 Å². The van der Waals surface area contributed by atoms with Crippen molar-refractivity contribution in [3.63, 3.8) is 0 Å². The van der Waals surface area contributed by atoms with Gasteiger partial charge in [-0.1, -0.05) is 12.1 Å². The Morgan fingerprint density at radius 3 is 2.70 bits per heavy atom. The number of amides is 1. The highest BCUT2D eigenvalue weighted by molar-refractivity contribution is 5.93. The van der Waals surface area contributed by atoms with Crippen LogP contribution in [0.1, 0.15) is 24.0 Å². The first-order valence-electron chi connectivity index (χ1n) is 8.03. The summed E-state index contributed by atoms with van der Waals surface area (Å²) >= 11 is 0. The molecule has 23 heavy (non-hydrogen) atoms. The fraction of sp³-hybridized carbons (Fsp3) is 0.389. The molecular formula is C18H22N4O. The van der Waals surface area contributed by atoms with Crippen LogP contribution in [0.5, 0.6) is 0 Å². The molecule has 1 aromatic heterocycles. The fourth-order valence-electron chi connectivity index (χ4n) is 2.95. The van der Waals surface area contributed by atoms with Crippen molar-refractivity contribution in [1.82, 2.24) is 9.97 Å². The molecule has 5 heteroatoms. The summed E-state index contributed by atoms with van der Waals surface area (Å²) in [6.07, 6.45) is 6.83. The molecule has 0 bridgehead atoms. The van der Waals surface area contributed by atoms with E-state index in [0.717, 1.165) is 43.0 Å². The highest BCUT2D eigenvalue weighted by atomic mass is 16.1. The second-order valence-electron chi connectivity index (χ2n) is 6.06. The van der Waals surface area contributed by atoms with Gasteiger partial charge in [0.05, 0.1) is 6.20 Å². The van der Waals surface area contributed by atoms with E-state index in [4.69, 9.17) is 0 Å². The monoisotopic (exact) mass is 310 g/mol. The zero-order valence-corrected chi connectivity index (χ0v) is 13.6. The summed E-state index contributed by atoms with van der Waals surface area (Å²) in [5, 5.41) is 3.09. The predicted molar refractivity (Wildman–Crippen MR) is 91.5 cm³/mol. The van der Waals surface area contributed by atoms with E-state index >= 15 is 0 Å². The third-order valence-electron chi connectivity index (χ3n) is 4.60. The van der Waals surface area contributed by atoms with Gasteiger partial charge in [0.15, 0.2) is 0 Å². The molecule has 1 N–H and O–H groups in total. The Kier molecular flexibility index (Phi) is 4.55. The minimum atomic E-state index is 0.0582. The van der Waals surface area contributed by atoms with Gasteiger partial charge in [0.25, 0.3) is 0 Å². The molecule has 2 heterocycles. The van der Waals surface area contributed by atoms with Crippen molar-refractivity contribution in [1.29, 1.82) is 0 Å². The van der Waals surface area contributed by atoms with Crippen LogP contribution in [0.15, 0.2) is 36.8 Å². The quantitative estimate of drug-likeness (QED) is 0.947. The number of aryl methyl sites for hydroxylation is 1. The van der Waals surface area contributed by atoms with Gasteiger partial charge >= 0.3 is 0 Å². The van der Waals surface area contributed by atoms with Gasteiger partial charge in [0, 0.05) is 37.1 Å². The van der Waals surface area contributed by atoms with Crippen molar-refractivity contribution in [3.05, 3.63) is 47.9 Å². The molecule has 0 atom stereocenters. The van der Waals surface area contributed by atoms with Crippen molar-refractivity contribution in [3.8, 4) is 0 Å². The largest absolute Gasteiger partial charge is 0.355 e. The molecule has 1 aliphatic heterocycles. The Morgan fingerprint density at radius 2 is 2.00 bits per heavy atom. The minimum absolute atomic E-state index is 0.0582. The highest BCUT2D eigenvalue weighted by Gasteiger charge is 2.26. The topological polar surface area (TPSA) is 58.1 Å². The number of anilines is 2. The van der Waals surface area contributed by atoms with Crippen molar-refractivity contribution >= 4 is 17.4 Å². The first kappa shape index (κ1) is 15.5. The lowest BCUT2D eigenvalue weighted by molar-refractivity contribution is -0.120. The molecule has 1 aliphatic rings. The van der Waals surface area contributed by atoms with Crippen LogP contribution in [-0.2, 0) is 4.79 Å². The molecule has 5 nitrogen and oxygen atoms in total. The van der Waals surface area contributed by atoms with E-state index in [2.05, 4.69) is 33.2 Å². The Morgan fingerprint density at radius 1 is 1.22 bits per heavy atom. The molecule has 1 saturated heterocycles. The Hall–Kier alpha value is -2.43. The zero-order chi connectivity index (χ0) is 16.2. The van der Waals surface area contributed by atoms with Gasteiger partial charge in [0.1, 0.15) is 5.82 Å². The van der Waals surface area contributed by atoms with Crippen molar-refractivity contribution < 1.29 is 4.79 Å². The van der Waals surface area contributed by atoms with Gasteiger partial charge < -0.3 is 10.2 Å². The van der Waals surface area contributed by atoms with Gasteiger partial charge in [-0.2, -0.15) is 0 Å². The average molecular weight is 310 g/mol. The maximum absolute atomic E-state index is 12.5. The van der Waals surface area contributed by atoms with Crippen LogP contribution < -0.4 is 10.2 Å². The lowest BCUT2D eigenvalue weighted by Gasteiger charge is -2.32. The summed E-state index contributed by atoms with van der Waals surface area (Å²) in [6, 6.07) is 6.01. The lowest BCUT2D eigenvalue weighted by Crippen LogP contribution is -2.38. The summed E-state index contributed by atoms with van der Waals surface area (Å²) in [4.78, 5) is 23.1. The summed E-state index contributed by atoms with van der Waals surface area (Å²) in [5.41, 5.74) is 3.25. The molecule has 120 valence electrons. The van der Waals surface area contributed by atoms with E-state index in [9.17, 15) is 4.79 Å². The van der Waals surface area contributed by atoms with Crippen LogP contribution in [-0.4, -0.2) is 29.0 Å². The van der Waals surface area contributed by atoms with Crippen LogP contribution in [0, 0.1) is 19.8 Å². The van der Waals surface area contributed by atoms with E-state index in [-0.39, 0.29) is 11.8 Å². The molecule has 0 radical (unpaired) electrons. The van der Waals surface area contributed by atoms with Gasteiger partial charge in [-0.15, -0.1) is 0 Å². The molecule has 1 aromatic carbocycles. The molecule has 1 fully saturated rings. The van der Waals surface area contributed by atoms with Gasteiger partial charge in [-0.05, 0) is 43.9 Å². The first-order chi connectivity index (χ1) is 11.1. The summed E-state index contributed by atoms with van der Waals surface area (Å²) in [7, 11) is 0. The first-order valence-corrected chi connectivity index (χ1v) is 8.03. The molecule has 0 spiro atoms. The summed E-state index contributed by atoms with van der Waals surface area (Å²) in [6.45, 7) is 5.78. The Balaban J connectivity index is 1.59. The molecule has 0 saturated carbocycles. The minimum Gasteiger partial charge on any atom is -0.355 e. The summed E-state index contributed by atoms with van der Waals surface area (Å²) < 4.78 is 0. The maximum atomic E-state index is 12.5. The molecule has 0 aliphatic carbocycles. The number of nitrogens with one attached hydrogen (secondary N) is 1. The number of piperidine rings is 1. The van der Waals surface area contributed by atoms with Gasteiger partial charge in [-0.25, -0.2) is 4.98 Å². The predicted octanol–water partition coefficient (Wildman–Crippen LogP) is 2.95. The fourth-order valence-corrected chi connectivity index (χ4v) is 2.95. The van der Waals surface area contributed by atoms with E-state index in [0.29, 0.717) is 0 Å². The van der Waals surface area contributed by atoms with Crippen molar-refractivity contribution in [2.24, 2.45) is 5.92 Å². The number of benzene rings is 1. The van der Waals surface area contributed by atoms with Gasteiger partial charge in [-0.3, -0.25) is 9.78 Å². The van der Waals surface area contributed by atoms with Crippen LogP contribution in [0.3, 0.4) is 0 Å². The van der Waals surface area contributed by atoms with Crippen LogP contribution >= 0.6 is 0 Å². The van der Waals surface area contributed by atoms with Crippen molar-refractivity contribution in [2.45, 2.75) is 26.7 Å².